The molecule has 2 aliphatic rings. The molecule has 0 radical (unpaired) electrons. The van der Waals surface area contributed by atoms with Gasteiger partial charge in [-0.15, -0.1) is 0 Å². The third-order valence-electron chi connectivity index (χ3n) is 6.22. The summed E-state index contributed by atoms with van der Waals surface area (Å²) in [4.78, 5) is 48.2. The molecule has 0 aromatic carbocycles. The second-order valence-electron chi connectivity index (χ2n) is 9.37. The van der Waals surface area contributed by atoms with E-state index in [1.54, 1.807) is 0 Å². The number of carbonyl (C=O) groups is 4. The highest BCUT2D eigenvalue weighted by atomic mass is 16.5. The average molecular weight is 438 g/mol. The van der Waals surface area contributed by atoms with Gasteiger partial charge in [0.15, 0.2) is 0 Å². The van der Waals surface area contributed by atoms with E-state index in [0.717, 1.165) is 18.8 Å². The van der Waals surface area contributed by atoms with Crippen LogP contribution in [-0.4, -0.2) is 49.4 Å². The summed E-state index contributed by atoms with van der Waals surface area (Å²) < 4.78 is 5.30. The largest absolute Gasteiger partial charge is 0.450 e. The van der Waals surface area contributed by atoms with Crippen LogP contribution in [0.5, 0.6) is 0 Å². The predicted molar refractivity (Wildman–Crippen MR) is 117 cm³/mol. The van der Waals surface area contributed by atoms with Gasteiger partial charge in [0.05, 0.1) is 12.6 Å². The predicted octanol–water partition coefficient (Wildman–Crippen LogP) is 2.70. The molecule has 3 N–H and O–H groups in total. The SMILES string of the molecule is CC(C)CC(NC(=O)OCCCC1CCCCC1)C(=O)NC(C=O)C[C@@H]1CCNC1=O. The summed E-state index contributed by atoms with van der Waals surface area (Å²) in [5.41, 5.74) is 0. The van der Waals surface area contributed by atoms with Crippen molar-refractivity contribution in [3.63, 3.8) is 0 Å². The minimum absolute atomic E-state index is 0.0882. The lowest BCUT2D eigenvalue weighted by atomic mass is 9.86. The lowest BCUT2D eigenvalue weighted by Crippen LogP contribution is -2.51. The molecule has 3 amide bonds. The molecule has 0 aromatic heterocycles. The van der Waals surface area contributed by atoms with Gasteiger partial charge in [-0.2, -0.15) is 0 Å². The van der Waals surface area contributed by atoms with Gasteiger partial charge < -0.3 is 25.5 Å². The molecule has 1 aliphatic heterocycles. The summed E-state index contributed by atoms with van der Waals surface area (Å²) >= 11 is 0. The van der Waals surface area contributed by atoms with Crippen LogP contribution in [0.2, 0.25) is 0 Å². The molecule has 176 valence electrons. The molecule has 0 spiro atoms. The lowest BCUT2D eigenvalue weighted by Gasteiger charge is -2.23. The van der Waals surface area contributed by atoms with Crippen molar-refractivity contribution in [2.75, 3.05) is 13.2 Å². The molecular weight excluding hydrogens is 398 g/mol. The van der Waals surface area contributed by atoms with Crippen molar-refractivity contribution in [2.45, 2.75) is 90.1 Å². The van der Waals surface area contributed by atoms with Crippen molar-refractivity contribution in [1.82, 2.24) is 16.0 Å². The number of rotatable bonds is 12. The maximum atomic E-state index is 12.7. The van der Waals surface area contributed by atoms with Crippen molar-refractivity contribution in [1.29, 1.82) is 0 Å². The maximum absolute atomic E-state index is 12.7. The van der Waals surface area contributed by atoms with Gasteiger partial charge in [0.1, 0.15) is 12.3 Å². The van der Waals surface area contributed by atoms with Crippen molar-refractivity contribution >= 4 is 24.2 Å². The Bertz CT molecular complexity index is 604. The molecule has 31 heavy (non-hydrogen) atoms. The Kier molecular flexibility index (Phi) is 10.8. The van der Waals surface area contributed by atoms with E-state index >= 15 is 0 Å². The molecular formula is C23H39N3O5. The van der Waals surface area contributed by atoms with Crippen LogP contribution >= 0.6 is 0 Å². The van der Waals surface area contributed by atoms with Crippen LogP contribution in [0.25, 0.3) is 0 Å². The fourth-order valence-electron chi connectivity index (χ4n) is 4.51. The van der Waals surface area contributed by atoms with Gasteiger partial charge in [-0.05, 0) is 43.9 Å². The second kappa shape index (κ2) is 13.3. The van der Waals surface area contributed by atoms with E-state index in [2.05, 4.69) is 16.0 Å². The Morgan fingerprint density at radius 2 is 1.90 bits per heavy atom. The fraction of sp³-hybridized carbons (Fsp3) is 0.826. The molecule has 8 nitrogen and oxygen atoms in total. The Balaban J connectivity index is 1.77. The van der Waals surface area contributed by atoms with Crippen molar-refractivity contribution in [2.24, 2.45) is 17.8 Å². The first-order chi connectivity index (χ1) is 14.9. The number of carbonyl (C=O) groups excluding carboxylic acids is 4. The number of amides is 3. The number of alkyl carbamates (subject to hydrolysis) is 1. The molecule has 0 bridgehead atoms. The fourth-order valence-corrected chi connectivity index (χ4v) is 4.51. The highest BCUT2D eigenvalue weighted by molar-refractivity contribution is 5.88. The molecule has 3 atom stereocenters. The molecule has 1 saturated carbocycles. The average Bonchev–Trinajstić information content (AvgIpc) is 3.15. The van der Waals surface area contributed by atoms with Crippen LogP contribution in [-0.2, 0) is 19.1 Å². The molecule has 2 rings (SSSR count). The highest BCUT2D eigenvalue weighted by Crippen LogP contribution is 2.27. The quantitative estimate of drug-likeness (QED) is 0.321. The van der Waals surface area contributed by atoms with E-state index in [1.165, 1.54) is 32.1 Å². The van der Waals surface area contributed by atoms with Crippen molar-refractivity contribution in [3.8, 4) is 0 Å². The Hall–Kier alpha value is -2.12. The smallest absolute Gasteiger partial charge is 0.407 e. The monoisotopic (exact) mass is 437 g/mol. The first-order valence-electron chi connectivity index (χ1n) is 11.9. The summed E-state index contributed by atoms with van der Waals surface area (Å²) in [6.45, 7) is 4.84. The summed E-state index contributed by atoms with van der Waals surface area (Å²) in [5, 5.41) is 8.06. The zero-order chi connectivity index (χ0) is 22.6. The molecule has 0 aromatic rings. The highest BCUT2D eigenvalue weighted by Gasteiger charge is 2.30. The van der Waals surface area contributed by atoms with E-state index < -0.39 is 24.1 Å². The van der Waals surface area contributed by atoms with Gasteiger partial charge in [0.2, 0.25) is 11.8 Å². The minimum atomic E-state index is -0.786. The zero-order valence-electron chi connectivity index (χ0n) is 19.0. The Labute approximate surface area is 185 Å². The van der Waals surface area contributed by atoms with Gasteiger partial charge in [-0.1, -0.05) is 46.0 Å². The molecule has 1 saturated heterocycles. The number of nitrogens with one attached hydrogen (secondary N) is 3. The molecule has 1 aliphatic carbocycles. The lowest BCUT2D eigenvalue weighted by molar-refractivity contribution is -0.127. The van der Waals surface area contributed by atoms with Crippen LogP contribution in [0.15, 0.2) is 0 Å². The van der Waals surface area contributed by atoms with Crippen LogP contribution < -0.4 is 16.0 Å². The molecule has 2 fully saturated rings. The van der Waals surface area contributed by atoms with E-state index in [9.17, 15) is 19.2 Å². The van der Waals surface area contributed by atoms with Crippen molar-refractivity contribution < 1.29 is 23.9 Å². The normalized spacial score (nSPS) is 21.3. The number of aldehydes is 1. The van der Waals surface area contributed by atoms with E-state index in [1.807, 2.05) is 13.8 Å². The molecule has 8 heteroatoms. The summed E-state index contributed by atoms with van der Waals surface area (Å²) in [6.07, 6.45) is 9.74. The number of hydrogen-bond donors (Lipinski definition) is 3. The molecule has 1 heterocycles. The Morgan fingerprint density at radius 1 is 1.16 bits per heavy atom. The second-order valence-corrected chi connectivity index (χ2v) is 9.37. The van der Waals surface area contributed by atoms with Gasteiger partial charge in [0, 0.05) is 12.5 Å². The van der Waals surface area contributed by atoms with Gasteiger partial charge >= 0.3 is 6.09 Å². The van der Waals surface area contributed by atoms with Crippen LogP contribution in [0, 0.1) is 17.8 Å². The van der Waals surface area contributed by atoms with Gasteiger partial charge in [0.25, 0.3) is 0 Å². The number of ether oxygens (including phenoxy) is 1. The topological polar surface area (TPSA) is 114 Å². The maximum Gasteiger partial charge on any atom is 0.407 e. The molecule has 2 unspecified atom stereocenters. The summed E-state index contributed by atoms with van der Waals surface area (Å²) in [6, 6.07) is -1.55. The zero-order valence-corrected chi connectivity index (χ0v) is 19.0. The van der Waals surface area contributed by atoms with E-state index in [4.69, 9.17) is 4.74 Å². The third-order valence-corrected chi connectivity index (χ3v) is 6.22. The van der Waals surface area contributed by atoms with Crippen molar-refractivity contribution in [3.05, 3.63) is 0 Å². The first kappa shape index (κ1) is 25.1. The summed E-state index contributed by atoms with van der Waals surface area (Å²) in [5.74, 6) is 0.110. The third kappa shape index (κ3) is 9.27. The Morgan fingerprint density at radius 3 is 2.52 bits per heavy atom. The van der Waals surface area contributed by atoms with E-state index in [0.29, 0.717) is 32.3 Å². The standard InChI is InChI=1S/C23H39N3O5/c1-16(2)13-20(22(29)25-19(15-27)14-18-10-11-24-21(18)28)26-23(30)31-12-6-9-17-7-4-3-5-8-17/h15-20H,3-14H2,1-2H3,(H,24,28)(H,25,29)(H,26,30)/t18-,19?,20?/m0/s1. The minimum Gasteiger partial charge on any atom is -0.450 e. The first-order valence-corrected chi connectivity index (χ1v) is 11.9. The van der Waals surface area contributed by atoms with Crippen LogP contribution in [0.3, 0.4) is 0 Å². The summed E-state index contributed by atoms with van der Waals surface area (Å²) in [7, 11) is 0. The van der Waals surface area contributed by atoms with Gasteiger partial charge in [-0.3, -0.25) is 9.59 Å². The van der Waals surface area contributed by atoms with E-state index in [-0.39, 0.29) is 24.2 Å². The van der Waals surface area contributed by atoms with Crippen LogP contribution in [0.4, 0.5) is 4.79 Å². The van der Waals surface area contributed by atoms with Gasteiger partial charge in [-0.25, -0.2) is 4.79 Å². The van der Waals surface area contributed by atoms with Crippen LogP contribution in [0.1, 0.15) is 78.1 Å². The number of hydrogen-bond acceptors (Lipinski definition) is 5.